The normalized spacial score (nSPS) is 11.2. The van der Waals surface area contributed by atoms with Gasteiger partial charge in [0.1, 0.15) is 0 Å². The Labute approximate surface area is 159 Å². The Balaban J connectivity index is 1.56. The molecule has 0 atom stereocenters. The Morgan fingerprint density at radius 2 is 1.08 bits per heavy atom. The molecule has 2 heterocycles. The van der Waals surface area contributed by atoms with Crippen LogP contribution in [0, 0.1) is 0 Å². The van der Waals surface area contributed by atoms with Gasteiger partial charge in [0.25, 0.3) is 0 Å². The van der Waals surface area contributed by atoms with Gasteiger partial charge in [-0.15, -0.1) is 0 Å². The predicted molar refractivity (Wildman–Crippen MR) is 101 cm³/mol. The van der Waals surface area contributed by atoms with Crippen molar-refractivity contribution in [1.82, 2.24) is 7.12 Å². The minimum absolute atomic E-state index is 0.0729. The Hall–Kier alpha value is -2.24. The molecular formula is C18H12N2O4Se2. The average Bonchev–Trinajstić information content (AvgIpc) is 3.18. The summed E-state index contributed by atoms with van der Waals surface area (Å²) in [6.07, 6.45) is -0.146. The van der Waals surface area contributed by atoms with Gasteiger partial charge < -0.3 is 0 Å². The van der Waals surface area contributed by atoms with Gasteiger partial charge >= 0.3 is 159 Å². The molecule has 130 valence electrons. The summed E-state index contributed by atoms with van der Waals surface area (Å²) in [6, 6.07) is 14.3. The summed E-state index contributed by atoms with van der Waals surface area (Å²) in [5.41, 5.74) is -0.598. The van der Waals surface area contributed by atoms with Crippen molar-refractivity contribution in [2.45, 2.75) is 12.8 Å². The first-order valence-electron chi connectivity index (χ1n) is 7.85. The molecule has 4 rings (SSSR count). The van der Waals surface area contributed by atoms with E-state index in [1.54, 1.807) is 24.3 Å². The molecule has 0 fully saturated rings. The molecule has 6 nitrogen and oxygen atoms in total. The number of aromatic nitrogens is 2. The van der Waals surface area contributed by atoms with E-state index in [-0.39, 0.29) is 35.8 Å². The Kier molecular flexibility index (Phi) is 4.51. The van der Waals surface area contributed by atoms with E-state index in [9.17, 15) is 19.2 Å². The van der Waals surface area contributed by atoms with Gasteiger partial charge in [-0.2, -0.15) is 0 Å². The van der Waals surface area contributed by atoms with Gasteiger partial charge in [0.05, 0.1) is 0 Å². The molecule has 0 N–H and O–H groups in total. The fraction of sp³-hybridized carbons (Fsp3) is 0.111. The molecule has 4 aromatic rings. The summed E-state index contributed by atoms with van der Waals surface area (Å²) in [4.78, 5) is 49.5. The number of benzene rings is 2. The molecule has 0 aliphatic heterocycles. The standard InChI is InChI=1S/C18H12N2O4Se2/c21-15(19-17(23)11-5-1-3-7-13(11)25-19)9-10-16(22)20-18(24)12-6-2-4-8-14(12)26-20/h1-8H,9-10H2. The second kappa shape index (κ2) is 6.82. The van der Waals surface area contributed by atoms with E-state index >= 15 is 0 Å². The van der Waals surface area contributed by atoms with Gasteiger partial charge in [-0.25, -0.2) is 0 Å². The third-order valence-electron chi connectivity index (χ3n) is 3.99. The van der Waals surface area contributed by atoms with Gasteiger partial charge in [0, 0.05) is 0 Å². The average molecular weight is 478 g/mol. The molecule has 0 saturated heterocycles. The van der Waals surface area contributed by atoms with Crippen LogP contribution >= 0.6 is 0 Å². The first-order chi connectivity index (χ1) is 12.6. The topological polar surface area (TPSA) is 78.1 Å². The van der Waals surface area contributed by atoms with Crippen LogP contribution in [0.15, 0.2) is 58.1 Å². The molecule has 0 aliphatic carbocycles. The molecule has 0 bridgehead atoms. The monoisotopic (exact) mass is 480 g/mol. The number of carbonyl (C=O) groups excluding carboxylic acids is 2. The minimum atomic E-state index is -0.391. The van der Waals surface area contributed by atoms with Crippen LogP contribution in [0.3, 0.4) is 0 Å². The van der Waals surface area contributed by atoms with Crippen molar-refractivity contribution in [2.24, 2.45) is 0 Å². The van der Waals surface area contributed by atoms with E-state index in [2.05, 4.69) is 0 Å². The van der Waals surface area contributed by atoms with Crippen molar-refractivity contribution >= 4 is 60.6 Å². The van der Waals surface area contributed by atoms with Crippen LogP contribution in [0.5, 0.6) is 0 Å². The van der Waals surface area contributed by atoms with Crippen molar-refractivity contribution in [2.75, 3.05) is 0 Å². The zero-order chi connectivity index (χ0) is 18.3. The third kappa shape index (κ3) is 2.91. The molecule has 0 unspecified atom stereocenters. The van der Waals surface area contributed by atoms with Gasteiger partial charge in [-0.3, -0.25) is 0 Å². The summed E-state index contributed by atoms with van der Waals surface area (Å²) in [5.74, 6) is -0.729. The summed E-state index contributed by atoms with van der Waals surface area (Å²) in [7, 11) is 0. The SMILES string of the molecule is O=C(CCC(=O)n1[se]c2ccccc2c1=O)n1[se]c2ccccc2c1=O. The number of hydrogen-bond donors (Lipinski definition) is 0. The second-order valence-electron chi connectivity index (χ2n) is 5.66. The van der Waals surface area contributed by atoms with E-state index < -0.39 is 29.5 Å². The summed E-state index contributed by atoms with van der Waals surface area (Å²) < 4.78 is 4.21. The Morgan fingerprint density at radius 1 is 0.692 bits per heavy atom. The second-order valence-corrected chi connectivity index (χ2v) is 9.81. The van der Waals surface area contributed by atoms with Crippen LogP contribution in [0.2, 0.25) is 0 Å². The van der Waals surface area contributed by atoms with E-state index in [1.807, 2.05) is 24.3 Å². The molecular weight excluding hydrogens is 466 g/mol. The van der Waals surface area contributed by atoms with Crippen molar-refractivity contribution in [3.05, 3.63) is 69.2 Å². The molecule has 0 saturated carbocycles. The van der Waals surface area contributed by atoms with E-state index in [4.69, 9.17) is 0 Å². The van der Waals surface area contributed by atoms with Crippen LogP contribution in [0.25, 0.3) is 19.3 Å². The summed E-state index contributed by atoms with van der Waals surface area (Å²) in [5, 5.41) is 1.11. The molecule has 0 amide bonds. The van der Waals surface area contributed by atoms with Gasteiger partial charge in [0.15, 0.2) is 0 Å². The molecule has 2 aromatic heterocycles. The first kappa shape index (κ1) is 17.2. The van der Waals surface area contributed by atoms with Crippen LogP contribution in [0.1, 0.15) is 22.4 Å². The maximum absolute atomic E-state index is 12.4. The number of fused-ring (bicyclic) bond motifs is 2. The number of nitrogens with zero attached hydrogens (tertiary/aromatic N) is 2. The van der Waals surface area contributed by atoms with Crippen LogP contribution in [-0.2, 0) is 0 Å². The van der Waals surface area contributed by atoms with Crippen molar-refractivity contribution in [1.29, 1.82) is 0 Å². The summed E-state index contributed by atoms with van der Waals surface area (Å²) in [6.45, 7) is 0. The fourth-order valence-electron chi connectivity index (χ4n) is 2.69. The number of carbonyl (C=O) groups is 2. The molecule has 0 radical (unpaired) electrons. The maximum atomic E-state index is 12.4. The van der Waals surface area contributed by atoms with Crippen LogP contribution < -0.4 is 11.1 Å². The summed E-state index contributed by atoms with van der Waals surface area (Å²) >= 11 is -0.783. The molecule has 8 heteroatoms. The Morgan fingerprint density at radius 3 is 1.46 bits per heavy atom. The number of rotatable bonds is 3. The van der Waals surface area contributed by atoms with Gasteiger partial charge in [-0.1, -0.05) is 0 Å². The zero-order valence-corrected chi connectivity index (χ0v) is 16.8. The Bertz CT molecular complexity index is 1180. The van der Waals surface area contributed by atoms with Gasteiger partial charge in [0.2, 0.25) is 0 Å². The van der Waals surface area contributed by atoms with E-state index in [1.165, 1.54) is 7.12 Å². The van der Waals surface area contributed by atoms with Gasteiger partial charge in [-0.05, 0) is 0 Å². The van der Waals surface area contributed by atoms with Crippen LogP contribution in [0.4, 0.5) is 0 Å². The predicted octanol–water partition coefficient (Wildman–Crippen LogP) is 1.19. The molecule has 0 spiro atoms. The first-order valence-corrected chi connectivity index (χ1v) is 11.1. The van der Waals surface area contributed by atoms with Crippen LogP contribution in [-0.4, -0.2) is 48.4 Å². The molecule has 0 aliphatic rings. The zero-order valence-electron chi connectivity index (χ0n) is 13.4. The van der Waals surface area contributed by atoms with Crippen molar-refractivity contribution in [3.8, 4) is 0 Å². The van der Waals surface area contributed by atoms with Crippen molar-refractivity contribution < 1.29 is 9.59 Å². The molecule has 2 aromatic carbocycles. The van der Waals surface area contributed by atoms with E-state index in [0.29, 0.717) is 10.8 Å². The third-order valence-corrected chi connectivity index (χ3v) is 8.62. The van der Waals surface area contributed by atoms with Crippen molar-refractivity contribution in [3.63, 3.8) is 0 Å². The quantitative estimate of drug-likeness (QED) is 0.415. The molecule has 26 heavy (non-hydrogen) atoms. The fourth-order valence-corrected chi connectivity index (χ4v) is 6.74. The van der Waals surface area contributed by atoms with E-state index in [0.717, 1.165) is 8.52 Å². The number of hydrogen-bond acceptors (Lipinski definition) is 4.